The standard InChI is InChI=1S/C10H9F6NO/c1-18-6-4-2-3-5(7(6)11)8(17)9(12,13)10(14,15)16/h2-4,8H,17H2,1H3/t8-/m0/s1. The summed E-state index contributed by atoms with van der Waals surface area (Å²) in [5, 5.41) is 0. The van der Waals surface area contributed by atoms with Gasteiger partial charge in [0, 0.05) is 5.56 Å². The molecule has 0 radical (unpaired) electrons. The lowest BCUT2D eigenvalue weighted by Gasteiger charge is -2.26. The van der Waals surface area contributed by atoms with E-state index in [-0.39, 0.29) is 0 Å². The topological polar surface area (TPSA) is 35.2 Å². The quantitative estimate of drug-likeness (QED) is 0.859. The van der Waals surface area contributed by atoms with Crippen LogP contribution in [0.25, 0.3) is 0 Å². The molecule has 2 nitrogen and oxygen atoms in total. The molecular weight excluding hydrogens is 264 g/mol. The molecule has 0 saturated carbocycles. The maximum Gasteiger partial charge on any atom is 0.455 e. The molecule has 1 aromatic rings. The minimum absolute atomic E-state index is 0.457. The minimum atomic E-state index is -5.86. The predicted octanol–water partition coefficient (Wildman–Crippen LogP) is 3.03. The highest BCUT2D eigenvalue weighted by Gasteiger charge is 2.62. The number of benzene rings is 1. The zero-order valence-electron chi connectivity index (χ0n) is 9.06. The average Bonchev–Trinajstić information content (AvgIpc) is 2.27. The van der Waals surface area contributed by atoms with Crippen LogP contribution in [0.4, 0.5) is 26.3 Å². The monoisotopic (exact) mass is 273 g/mol. The Morgan fingerprint density at radius 1 is 1.17 bits per heavy atom. The smallest absolute Gasteiger partial charge is 0.455 e. The van der Waals surface area contributed by atoms with E-state index in [0.717, 1.165) is 25.3 Å². The van der Waals surface area contributed by atoms with E-state index in [9.17, 15) is 26.3 Å². The van der Waals surface area contributed by atoms with Crippen molar-refractivity contribution in [2.24, 2.45) is 5.73 Å². The third kappa shape index (κ3) is 2.38. The maximum atomic E-state index is 13.5. The van der Waals surface area contributed by atoms with E-state index in [0.29, 0.717) is 0 Å². The van der Waals surface area contributed by atoms with Crippen LogP contribution in [0.2, 0.25) is 0 Å². The van der Waals surface area contributed by atoms with Crippen LogP contribution in [0, 0.1) is 5.82 Å². The fraction of sp³-hybridized carbons (Fsp3) is 0.400. The summed E-state index contributed by atoms with van der Waals surface area (Å²) in [7, 11) is 1.05. The molecule has 1 aromatic carbocycles. The fourth-order valence-corrected chi connectivity index (χ4v) is 1.30. The normalized spacial score (nSPS) is 14.4. The molecule has 1 rings (SSSR count). The summed E-state index contributed by atoms with van der Waals surface area (Å²) in [5.74, 6) is -7.03. The number of hydrogen-bond acceptors (Lipinski definition) is 2. The molecule has 8 heteroatoms. The van der Waals surface area contributed by atoms with Gasteiger partial charge in [0.2, 0.25) is 0 Å². The number of nitrogens with two attached hydrogens (primary N) is 1. The Morgan fingerprint density at radius 3 is 2.17 bits per heavy atom. The summed E-state index contributed by atoms with van der Waals surface area (Å²) < 4.78 is 80.2. The van der Waals surface area contributed by atoms with Gasteiger partial charge in [-0.25, -0.2) is 4.39 Å². The van der Waals surface area contributed by atoms with Crippen LogP contribution < -0.4 is 10.5 Å². The average molecular weight is 273 g/mol. The van der Waals surface area contributed by atoms with Crippen LogP contribution in [-0.4, -0.2) is 19.2 Å². The van der Waals surface area contributed by atoms with Crippen molar-refractivity contribution in [3.8, 4) is 5.75 Å². The summed E-state index contributed by atoms with van der Waals surface area (Å²) in [6, 6.07) is 0.0656. The first kappa shape index (κ1) is 14.6. The Bertz CT molecular complexity index is 431. The Hall–Kier alpha value is -1.44. The van der Waals surface area contributed by atoms with E-state index in [1.165, 1.54) is 0 Å². The van der Waals surface area contributed by atoms with E-state index < -0.39 is 35.3 Å². The van der Waals surface area contributed by atoms with E-state index in [2.05, 4.69) is 4.74 Å². The lowest BCUT2D eigenvalue weighted by Crippen LogP contribution is -2.46. The molecular formula is C10H9F6NO. The van der Waals surface area contributed by atoms with Gasteiger partial charge in [0.1, 0.15) is 6.04 Å². The molecule has 0 saturated heterocycles. The van der Waals surface area contributed by atoms with Gasteiger partial charge in [-0.1, -0.05) is 12.1 Å². The van der Waals surface area contributed by atoms with Crippen molar-refractivity contribution in [2.45, 2.75) is 18.1 Å². The zero-order valence-corrected chi connectivity index (χ0v) is 9.06. The van der Waals surface area contributed by atoms with Crippen LogP contribution in [0.15, 0.2) is 18.2 Å². The van der Waals surface area contributed by atoms with Crippen molar-refractivity contribution in [2.75, 3.05) is 7.11 Å². The second kappa shape index (κ2) is 4.68. The number of ether oxygens (including phenoxy) is 1. The van der Waals surface area contributed by atoms with Gasteiger partial charge < -0.3 is 10.5 Å². The van der Waals surface area contributed by atoms with Crippen LogP contribution >= 0.6 is 0 Å². The molecule has 0 heterocycles. The summed E-state index contributed by atoms with van der Waals surface area (Å²) >= 11 is 0. The van der Waals surface area contributed by atoms with Gasteiger partial charge in [0.15, 0.2) is 11.6 Å². The number of methoxy groups -OCH3 is 1. The van der Waals surface area contributed by atoms with Crippen LogP contribution in [-0.2, 0) is 0 Å². The fourth-order valence-electron chi connectivity index (χ4n) is 1.30. The Kier molecular flexibility index (Phi) is 3.80. The molecule has 0 aliphatic heterocycles. The maximum absolute atomic E-state index is 13.5. The van der Waals surface area contributed by atoms with Gasteiger partial charge in [0.25, 0.3) is 0 Å². The third-order valence-electron chi connectivity index (χ3n) is 2.32. The number of rotatable bonds is 3. The largest absolute Gasteiger partial charge is 0.494 e. The molecule has 0 bridgehead atoms. The first-order valence-corrected chi connectivity index (χ1v) is 4.65. The van der Waals surface area contributed by atoms with Gasteiger partial charge in [-0.3, -0.25) is 0 Å². The lowest BCUT2D eigenvalue weighted by molar-refractivity contribution is -0.291. The van der Waals surface area contributed by atoms with Crippen molar-refractivity contribution in [1.29, 1.82) is 0 Å². The van der Waals surface area contributed by atoms with Crippen molar-refractivity contribution in [3.63, 3.8) is 0 Å². The van der Waals surface area contributed by atoms with Crippen LogP contribution in [0.1, 0.15) is 11.6 Å². The predicted molar refractivity (Wildman–Crippen MR) is 50.9 cm³/mol. The van der Waals surface area contributed by atoms with Crippen LogP contribution in [0.3, 0.4) is 0 Å². The number of halogens is 6. The number of hydrogen-bond donors (Lipinski definition) is 1. The van der Waals surface area contributed by atoms with Gasteiger partial charge in [-0.05, 0) is 6.07 Å². The summed E-state index contributed by atoms with van der Waals surface area (Å²) in [4.78, 5) is 0. The summed E-state index contributed by atoms with van der Waals surface area (Å²) in [6.07, 6.45) is -5.86. The Balaban J connectivity index is 3.23. The molecule has 0 aliphatic rings. The van der Waals surface area contributed by atoms with Crippen molar-refractivity contribution >= 4 is 0 Å². The van der Waals surface area contributed by atoms with Crippen molar-refractivity contribution in [3.05, 3.63) is 29.6 Å². The van der Waals surface area contributed by atoms with E-state index in [4.69, 9.17) is 5.73 Å². The highest BCUT2D eigenvalue weighted by atomic mass is 19.4. The number of alkyl halides is 5. The second-order valence-electron chi connectivity index (χ2n) is 3.46. The van der Waals surface area contributed by atoms with Gasteiger partial charge in [-0.15, -0.1) is 0 Å². The van der Waals surface area contributed by atoms with Crippen LogP contribution in [0.5, 0.6) is 5.75 Å². The molecule has 18 heavy (non-hydrogen) atoms. The molecule has 2 N–H and O–H groups in total. The first-order valence-electron chi connectivity index (χ1n) is 4.65. The highest BCUT2D eigenvalue weighted by Crippen LogP contribution is 2.44. The van der Waals surface area contributed by atoms with Crippen molar-refractivity contribution in [1.82, 2.24) is 0 Å². The van der Waals surface area contributed by atoms with E-state index >= 15 is 0 Å². The van der Waals surface area contributed by atoms with Gasteiger partial charge in [-0.2, -0.15) is 22.0 Å². The Labute approximate surface area is 98.3 Å². The molecule has 0 aromatic heterocycles. The van der Waals surface area contributed by atoms with Crippen molar-refractivity contribution < 1.29 is 31.1 Å². The second-order valence-corrected chi connectivity index (χ2v) is 3.46. The molecule has 102 valence electrons. The van der Waals surface area contributed by atoms with E-state index in [1.807, 2.05) is 0 Å². The lowest BCUT2D eigenvalue weighted by atomic mass is 10.00. The molecule has 1 atom stereocenters. The molecule has 0 spiro atoms. The SMILES string of the molecule is COc1cccc([C@H](N)C(F)(F)C(F)(F)F)c1F. The first-order chi connectivity index (χ1) is 8.13. The molecule has 0 amide bonds. The Morgan fingerprint density at radius 2 is 1.72 bits per heavy atom. The highest BCUT2D eigenvalue weighted by molar-refractivity contribution is 5.34. The third-order valence-corrected chi connectivity index (χ3v) is 2.32. The summed E-state index contributed by atoms with van der Waals surface area (Å²) in [6.45, 7) is 0. The summed E-state index contributed by atoms with van der Waals surface area (Å²) in [5.41, 5.74) is 3.86. The minimum Gasteiger partial charge on any atom is -0.494 e. The molecule has 0 fully saturated rings. The zero-order chi connectivity index (χ0) is 14.1. The molecule has 0 unspecified atom stereocenters. The van der Waals surface area contributed by atoms with Gasteiger partial charge >= 0.3 is 12.1 Å². The molecule has 0 aliphatic carbocycles. The van der Waals surface area contributed by atoms with Gasteiger partial charge in [0.05, 0.1) is 7.11 Å². The van der Waals surface area contributed by atoms with E-state index in [1.54, 1.807) is 0 Å².